The van der Waals surface area contributed by atoms with E-state index in [4.69, 9.17) is 0 Å². The zero-order valence-electron chi connectivity index (χ0n) is 13.2. The van der Waals surface area contributed by atoms with E-state index < -0.39 is 6.36 Å². The topological polar surface area (TPSA) is 55.6 Å². The van der Waals surface area contributed by atoms with Gasteiger partial charge < -0.3 is 10.1 Å². The number of halogens is 3. The average molecular weight is 349 g/mol. The summed E-state index contributed by atoms with van der Waals surface area (Å²) in [5.41, 5.74) is 2.09. The maximum absolute atomic E-state index is 12.4. The predicted octanol–water partition coefficient (Wildman–Crippen LogP) is 3.47. The van der Waals surface area contributed by atoms with Crippen LogP contribution in [0.5, 0.6) is 5.75 Å². The number of carbonyl (C=O) groups excluding carboxylic acids is 1. The second kappa shape index (κ2) is 6.46. The molecule has 0 radical (unpaired) electrons. The van der Waals surface area contributed by atoms with Gasteiger partial charge in [0, 0.05) is 12.7 Å². The van der Waals surface area contributed by atoms with Gasteiger partial charge in [0.05, 0.1) is 5.69 Å². The molecule has 0 bridgehead atoms. The van der Waals surface area contributed by atoms with E-state index in [9.17, 15) is 18.0 Å². The first-order valence-electron chi connectivity index (χ1n) is 7.40. The number of amides is 1. The summed E-state index contributed by atoms with van der Waals surface area (Å²) < 4.78 is 42.3. The van der Waals surface area contributed by atoms with E-state index in [-0.39, 0.29) is 18.2 Å². The number of ether oxygens (including phenoxy) is 1. The predicted molar refractivity (Wildman–Crippen MR) is 84.2 cm³/mol. The number of fused-ring (bicyclic) bond motifs is 1. The number of hydrogen-bond donors (Lipinski definition) is 1. The van der Waals surface area contributed by atoms with Crippen molar-refractivity contribution < 1.29 is 22.7 Å². The molecule has 0 aliphatic rings. The number of aromatic nitrogens is 2. The Labute approximate surface area is 141 Å². The van der Waals surface area contributed by atoms with Gasteiger partial charge in [0.25, 0.3) is 5.91 Å². The normalized spacial score (nSPS) is 11.5. The Morgan fingerprint density at radius 1 is 1.24 bits per heavy atom. The molecule has 0 atom stereocenters. The number of imidazole rings is 1. The molecule has 25 heavy (non-hydrogen) atoms. The number of hydrogen-bond acceptors (Lipinski definition) is 3. The first kappa shape index (κ1) is 16.8. The van der Waals surface area contributed by atoms with Gasteiger partial charge >= 0.3 is 6.36 Å². The Balaban J connectivity index is 1.74. The average Bonchev–Trinajstić information content (AvgIpc) is 2.87. The Kier molecular flexibility index (Phi) is 4.35. The molecule has 0 aliphatic carbocycles. The summed E-state index contributed by atoms with van der Waals surface area (Å²) in [6.07, 6.45) is -3.03. The Hall–Kier alpha value is -3.03. The van der Waals surface area contributed by atoms with Crippen molar-refractivity contribution >= 4 is 11.6 Å². The lowest BCUT2D eigenvalue weighted by Gasteiger charge is -2.10. The fourth-order valence-corrected chi connectivity index (χ4v) is 2.51. The quantitative estimate of drug-likeness (QED) is 0.785. The van der Waals surface area contributed by atoms with Crippen molar-refractivity contribution in [3.63, 3.8) is 0 Å². The van der Waals surface area contributed by atoms with Gasteiger partial charge in [0.15, 0.2) is 0 Å². The first-order valence-corrected chi connectivity index (χ1v) is 7.40. The van der Waals surface area contributed by atoms with E-state index in [0.717, 1.165) is 0 Å². The third-order valence-electron chi connectivity index (χ3n) is 3.50. The lowest BCUT2D eigenvalue weighted by Crippen LogP contribution is -2.25. The minimum absolute atomic E-state index is 0.0629. The second-order valence-corrected chi connectivity index (χ2v) is 5.35. The number of carbonyl (C=O) groups is 1. The lowest BCUT2D eigenvalue weighted by molar-refractivity contribution is -0.274. The van der Waals surface area contributed by atoms with E-state index in [1.165, 1.54) is 18.2 Å². The Bertz CT molecular complexity index is 919. The van der Waals surface area contributed by atoms with Gasteiger partial charge in [-0.2, -0.15) is 0 Å². The summed E-state index contributed by atoms with van der Waals surface area (Å²) in [5.74, 6) is -0.691. The number of aryl methyl sites for hydroxylation is 1. The molecule has 0 aliphatic heterocycles. The molecule has 8 heteroatoms. The molecule has 0 saturated heterocycles. The Morgan fingerprint density at radius 3 is 2.80 bits per heavy atom. The SMILES string of the molecule is Cc1nc2ccccn2c1C(=O)NCc1cccc(OC(F)(F)F)c1. The monoisotopic (exact) mass is 349 g/mol. The summed E-state index contributed by atoms with van der Waals surface area (Å²) in [4.78, 5) is 16.7. The van der Waals surface area contributed by atoms with Crippen LogP contribution in [0.1, 0.15) is 21.7 Å². The molecule has 3 rings (SSSR count). The highest BCUT2D eigenvalue weighted by molar-refractivity contribution is 5.94. The number of benzene rings is 1. The number of alkyl halides is 3. The van der Waals surface area contributed by atoms with Crippen LogP contribution in [0.2, 0.25) is 0 Å². The van der Waals surface area contributed by atoms with E-state index in [1.54, 1.807) is 35.7 Å². The molecule has 3 aromatic rings. The van der Waals surface area contributed by atoms with Gasteiger partial charge in [-0.3, -0.25) is 9.20 Å². The van der Waals surface area contributed by atoms with Crippen LogP contribution >= 0.6 is 0 Å². The van der Waals surface area contributed by atoms with Gasteiger partial charge in [0.2, 0.25) is 0 Å². The lowest BCUT2D eigenvalue weighted by atomic mass is 10.2. The molecule has 1 aromatic carbocycles. The highest BCUT2D eigenvalue weighted by Gasteiger charge is 2.31. The van der Waals surface area contributed by atoms with Crippen molar-refractivity contribution in [2.75, 3.05) is 0 Å². The molecular weight excluding hydrogens is 335 g/mol. The van der Waals surface area contributed by atoms with E-state index in [0.29, 0.717) is 22.6 Å². The molecule has 0 fully saturated rings. The van der Waals surface area contributed by atoms with Crippen LogP contribution in [0.25, 0.3) is 5.65 Å². The van der Waals surface area contributed by atoms with Gasteiger partial charge in [-0.25, -0.2) is 4.98 Å². The molecule has 0 spiro atoms. The molecule has 0 saturated carbocycles. The first-order chi connectivity index (χ1) is 11.8. The highest BCUT2D eigenvalue weighted by Crippen LogP contribution is 2.23. The minimum Gasteiger partial charge on any atom is -0.406 e. The maximum Gasteiger partial charge on any atom is 0.573 e. The van der Waals surface area contributed by atoms with Crippen LogP contribution in [-0.4, -0.2) is 21.7 Å². The molecule has 2 aromatic heterocycles. The van der Waals surface area contributed by atoms with Gasteiger partial charge in [-0.05, 0) is 36.8 Å². The zero-order chi connectivity index (χ0) is 18.0. The fourth-order valence-electron chi connectivity index (χ4n) is 2.51. The zero-order valence-corrected chi connectivity index (χ0v) is 13.2. The van der Waals surface area contributed by atoms with Crippen LogP contribution in [0.3, 0.4) is 0 Å². The molecule has 0 unspecified atom stereocenters. The van der Waals surface area contributed by atoms with Crippen molar-refractivity contribution in [2.45, 2.75) is 19.8 Å². The smallest absolute Gasteiger partial charge is 0.406 e. The number of nitrogens with one attached hydrogen (secondary N) is 1. The molecule has 130 valence electrons. The third-order valence-corrected chi connectivity index (χ3v) is 3.50. The van der Waals surface area contributed by atoms with Crippen molar-refractivity contribution in [1.29, 1.82) is 0 Å². The van der Waals surface area contributed by atoms with Gasteiger partial charge in [-0.15, -0.1) is 13.2 Å². The van der Waals surface area contributed by atoms with Gasteiger partial charge in [-0.1, -0.05) is 18.2 Å². The summed E-state index contributed by atoms with van der Waals surface area (Å²) >= 11 is 0. The van der Waals surface area contributed by atoms with E-state index in [1.807, 2.05) is 6.07 Å². The summed E-state index contributed by atoms with van der Waals surface area (Å²) in [6, 6.07) is 10.8. The Morgan fingerprint density at radius 2 is 2.04 bits per heavy atom. The largest absolute Gasteiger partial charge is 0.573 e. The number of rotatable bonds is 4. The number of nitrogens with zero attached hydrogens (tertiary/aromatic N) is 2. The molecular formula is C17H14F3N3O2. The maximum atomic E-state index is 12.4. The summed E-state index contributed by atoms with van der Waals surface area (Å²) in [7, 11) is 0. The van der Waals surface area contributed by atoms with Crippen molar-refractivity contribution in [1.82, 2.24) is 14.7 Å². The van der Waals surface area contributed by atoms with Crippen LogP contribution in [0, 0.1) is 6.92 Å². The molecule has 2 heterocycles. The summed E-state index contributed by atoms with van der Waals surface area (Å²) in [6.45, 7) is 1.78. The highest BCUT2D eigenvalue weighted by atomic mass is 19.4. The standard InChI is InChI=1S/C17H14F3N3O2/c1-11-15(23-8-3-2-7-14(23)22-11)16(24)21-10-12-5-4-6-13(9-12)25-17(18,19)20/h2-9H,10H2,1H3,(H,21,24). The van der Waals surface area contributed by atoms with Gasteiger partial charge in [0.1, 0.15) is 17.1 Å². The minimum atomic E-state index is -4.75. The van der Waals surface area contributed by atoms with Crippen LogP contribution in [0.15, 0.2) is 48.7 Å². The molecule has 5 nitrogen and oxygen atoms in total. The van der Waals surface area contributed by atoms with Crippen molar-refractivity contribution in [2.24, 2.45) is 0 Å². The van der Waals surface area contributed by atoms with Crippen molar-refractivity contribution in [3.05, 3.63) is 65.6 Å². The molecule has 1 N–H and O–H groups in total. The summed E-state index contributed by atoms with van der Waals surface area (Å²) in [5, 5.41) is 2.69. The number of pyridine rings is 1. The van der Waals surface area contributed by atoms with E-state index in [2.05, 4.69) is 15.0 Å². The second-order valence-electron chi connectivity index (χ2n) is 5.35. The third kappa shape index (κ3) is 3.90. The van der Waals surface area contributed by atoms with Crippen LogP contribution in [0.4, 0.5) is 13.2 Å². The molecule has 1 amide bonds. The van der Waals surface area contributed by atoms with Crippen LogP contribution < -0.4 is 10.1 Å². The fraction of sp³-hybridized carbons (Fsp3) is 0.176. The van der Waals surface area contributed by atoms with E-state index >= 15 is 0 Å². The van der Waals surface area contributed by atoms with Crippen LogP contribution in [-0.2, 0) is 6.54 Å². The van der Waals surface area contributed by atoms with Crippen molar-refractivity contribution in [3.8, 4) is 5.75 Å².